The molecule has 1 N–H and O–H groups in total. The number of ether oxygens (including phenoxy) is 2. The Balaban J connectivity index is 2.21. The lowest BCUT2D eigenvalue weighted by Crippen LogP contribution is -2.02. The number of rotatable bonds is 11. The molecule has 0 atom stereocenters. The largest absolute Gasteiger partial charge is 0.490 e. The van der Waals surface area contributed by atoms with Gasteiger partial charge in [-0.25, -0.2) is 4.79 Å². The number of hydrogen-bond acceptors (Lipinski definition) is 3. The smallest absolute Gasteiger partial charge is 0.336 e. The van der Waals surface area contributed by atoms with Crippen LogP contribution >= 0.6 is 0 Å². The Hall–Kier alpha value is -2.75. The van der Waals surface area contributed by atoms with Crippen molar-refractivity contribution in [1.82, 2.24) is 0 Å². The van der Waals surface area contributed by atoms with Gasteiger partial charge in [-0.05, 0) is 42.7 Å². The highest BCUT2D eigenvalue weighted by molar-refractivity contribution is 6.20. The normalized spacial score (nSPS) is 11.3. The third kappa shape index (κ3) is 6.48. The number of carboxylic acids is 1. The van der Waals surface area contributed by atoms with Crippen LogP contribution in [0.25, 0.3) is 11.6 Å². The van der Waals surface area contributed by atoms with Crippen LogP contribution in [0.1, 0.15) is 50.7 Å². The lowest BCUT2D eigenvalue weighted by Gasteiger charge is -2.13. The minimum atomic E-state index is -0.963. The molecule has 4 heteroatoms. The van der Waals surface area contributed by atoms with Crippen molar-refractivity contribution in [3.05, 3.63) is 59.7 Å². The molecule has 4 nitrogen and oxygen atoms in total. The van der Waals surface area contributed by atoms with E-state index in [1.54, 1.807) is 18.2 Å². The molecule has 0 saturated carbocycles. The monoisotopic (exact) mass is 368 g/mol. The van der Waals surface area contributed by atoms with Gasteiger partial charge in [0, 0.05) is 0 Å². The van der Waals surface area contributed by atoms with E-state index in [4.69, 9.17) is 9.47 Å². The first-order chi connectivity index (χ1) is 13.2. The molecule has 0 amide bonds. The van der Waals surface area contributed by atoms with Gasteiger partial charge in [-0.2, -0.15) is 0 Å². The molecule has 0 unspecified atom stereocenters. The van der Waals surface area contributed by atoms with Crippen LogP contribution in [0.5, 0.6) is 11.5 Å². The molecule has 2 aromatic rings. The fraction of sp³-hybridized carbons (Fsp3) is 0.348. The van der Waals surface area contributed by atoms with Gasteiger partial charge in [0.05, 0.1) is 18.8 Å². The molecule has 0 fully saturated rings. The van der Waals surface area contributed by atoms with Crippen molar-refractivity contribution >= 4 is 17.6 Å². The van der Waals surface area contributed by atoms with Crippen LogP contribution in [-0.2, 0) is 4.79 Å². The van der Waals surface area contributed by atoms with Crippen LogP contribution in [-0.4, -0.2) is 24.3 Å². The molecule has 2 aromatic carbocycles. The highest BCUT2D eigenvalue weighted by Crippen LogP contribution is 2.30. The van der Waals surface area contributed by atoms with Crippen LogP contribution in [0, 0.1) is 0 Å². The van der Waals surface area contributed by atoms with E-state index in [-0.39, 0.29) is 5.57 Å². The molecule has 0 aliphatic carbocycles. The van der Waals surface area contributed by atoms with Gasteiger partial charge in [0.15, 0.2) is 11.5 Å². The van der Waals surface area contributed by atoms with Gasteiger partial charge >= 0.3 is 5.97 Å². The van der Waals surface area contributed by atoms with Crippen molar-refractivity contribution in [2.45, 2.75) is 39.5 Å². The zero-order valence-corrected chi connectivity index (χ0v) is 16.1. The summed E-state index contributed by atoms with van der Waals surface area (Å²) in [5.41, 5.74) is 1.67. The fourth-order valence-electron chi connectivity index (χ4n) is 2.77. The molecule has 0 heterocycles. The summed E-state index contributed by atoms with van der Waals surface area (Å²) in [5.74, 6) is 0.372. The van der Waals surface area contributed by atoms with E-state index < -0.39 is 5.97 Å². The van der Waals surface area contributed by atoms with Crippen LogP contribution in [0.2, 0.25) is 0 Å². The summed E-state index contributed by atoms with van der Waals surface area (Å²) < 4.78 is 11.6. The van der Waals surface area contributed by atoms with E-state index in [2.05, 4.69) is 6.92 Å². The van der Waals surface area contributed by atoms with Crippen molar-refractivity contribution in [3.63, 3.8) is 0 Å². The van der Waals surface area contributed by atoms with Crippen molar-refractivity contribution in [2.75, 3.05) is 13.2 Å². The van der Waals surface area contributed by atoms with Crippen molar-refractivity contribution in [1.29, 1.82) is 0 Å². The Morgan fingerprint density at radius 1 is 0.963 bits per heavy atom. The zero-order chi connectivity index (χ0) is 19.5. The van der Waals surface area contributed by atoms with E-state index in [9.17, 15) is 9.90 Å². The quantitative estimate of drug-likeness (QED) is 0.315. The molecular weight excluding hydrogens is 340 g/mol. The minimum absolute atomic E-state index is 0.242. The number of benzene rings is 2. The zero-order valence-electron chi connectivity index (χ0n) is 16.1. The Bertz CT molecular complexity index is 750. The fourth-order valence-corrected chi connectivity index (χ4v) is 2.77. The third-order valence-corrected chi connectivity index (χ3v) is 4.15. The first-order valence-corrected chi connectivity index (χ1v) is 9.55. The number of hydrogen-bond donors (Lipinski definition) is 1. The van der Waals surface area contributed by atoms with E-state index in [0.29, 0.717) is 30.3 Å². The van der Waals surface area contributed by atoms with E-state index in [1.165, 1.54) is 12.8 Å². The van der Waals surface area contributed by atoms with Gasteiger partial charge in [-0.3, -0.25) is 0 Å². The summed E-state index contributed by atoms with van der Waals surface area (Å²) in [5, 5.41) is 9.58. The van der Waals surface area contributed by atoms with Gasteiger partial charge in [0.25, 0.3) is 0 Å². The molecule has 27 heavy (non-hydrogen) atoms. The predicted molar refractivity (Wildman–Crippen MR) is 109 cm³/mol. The predicted octanol–water partition coefficient (Wildman–Crippen LogP) is 5.67. The maximum absolute atomic E-state index is 11.7. The molecule has 144 valence electrons. The molecular formula is C23H28O4. The number of unbranched alkanes of at least 4 members (excludes halogenated alkanes) is 3. The first kappa shape index (κ1) is 20.6. The summed E-state index contributed by atoms with van der Waals surface area (Å²) >= 11 is 0. The Morgan fingerprint density at radius 2 is 1.74 bits per heavy atom. The Kier molecular flexibility index (Phi) is 8.43. The topological polar surface area (TPSA) is 55.8 Å². The average Bonchev–Trinajstić information content (AvgIpc) is 2.68. The highest BCUT2D eigenvalue weighted by Gasteiger charge is 2.12. The summed E-state index contributed by atoms with van der Waals surface area (Å²) in [6.07, 6.45) is 6.23. The Morgan fingerprint density at radius 3 is 2.41 bits per heavy atom. The van der Waals surface area contributed by atoms with Crippen LogP contribution in [0.4, 0.5) is 0 Å². The molecule has 0 saturated heterocycles. The molecule has 0 spiro atoms. The molecule has 0 aliphatic heterocycles. The maximum Gasteiger partial charge on any atom is 0.336 e. The summed E-state index contributed by atoms with van der Waals surface area (Å²) in [7, 11) is 0. The second-order valence-corrected chi connectivity index (χ2v) is 6.28. The molecule has 0 bridgehead atoms. The van der Waals surface area contributed by atoms with Crippen LogP contribution in [0.3, 0.4) is 0 Å². The summed E-state index contributed by atoms with van der Waals surface area (Å²) in [6, 6.07) is 14.6. The summed E-state index contributed by atoms with van der Waals surface area (Å²) in [4.78, 5) is 11.7. The van der Waals surface area contributed by atoms with Gasteiger partial charge in [0.1, 0.15) is 0 Å². The minimum Gasteiger partial charge on any atom is -0.490 e. The highest BCUT2D eigenvalue weighted by atomic mass is 16.5. The SMILES string of the molecule is CCCCCCOc1ccc(/C=C(\C(=O)O)c2ccccc2)cc1OCC. The van der Waals surface area contributed by atoms with E-state index in [1.807, 2.05) is 43.3 Å². The van der Waals surface area contributed by atoms with E-state index >= 15 is 0 Å². The molecule has 2 rings (SSSR count). The van der Waals surface area contributed by atoms with Gasteiger partial charge in [-0.15, -0.1) is 0 Å². The standard InChI is InChI=1S/C23H28O4/c1-3-5-6-10-15-27-21-14-13-18(17-22(21)26-4-2)16-20(23(24)25)19-11-8-7-9-12-19/h7-9,11-14,16-17H,3-6,10,15H2,1-2H3,(H,24,25)/b20-16-. The van der Waals surface area contributed by atoms with E-state index in [0.717, 1.165) is 18.4 Å². The third-order valence-electron chi connectivity index (χ3n) is 4.15. The number of carbonyl (C=O) groups is 1. The number of aliphatic carboxylic acids is 1. The first-order valence-electron chi connectivity index (χ1n) is 9.55. The maximum atomic E-state index is 11.7. The Labute approximate surface area is 161 Å². The lowest BCUT2D eigenvalue weighted by molar-refractivity contribution is -0.130. The second kappa shape index (κ2) is 11.1. The van der Waals surface area contributed by atoms with Crippen molar-refractivity contribution in [3.8, 4) is 11.5 Å². The summed E-state index contributed by atoms with van der Waals surface area (Å²) in [6.45, 7) is 5.27. The van der Waals surface area contributed by atoms with Gasteiger partial charge in [0.2, 0.25) is 0 Å². The van der Waals surface area contributed by atoms with Gasteiger partial charge in [-0.1, -0.05) is 62.6 Å². The second-order valence-electron chi connectivity index (χ2n) is 6.28. The molecule has 0 radical (unpaired) electrons. The molecule has 0 aliphatic rings. The molecule has 0 aromatic heterocycles. The lowest BCUT2D eigenvalue weighted by atomic mass is 10.0. The van der Waals surface area contributed by atoms with Gasteiger partial charge < -0.3 is 14.6 Å². The van der Waals surface area contributed by atoms with Crippen molar-refractivity contribution < 1.29 is 19.4 Å². The average molecular weight is 368 g/mol. The van der Waals surface area contributed by atoms with Crippen LogP contribution in [0.15, 0.2) is 48.5 Å². The number of carboxylic acid groups (broad SMARTS) is 1. The van der Waals surface area contributed by atoms with Crippen molar-refractivity contribution in [2.24, 2.45) is 0 Å². The van der Waals surface area contributed by atoms with Crippen LogP contribution < -0.4 is 9.47 Å².